The Morgan fingerprint density at radius 3 is 2.70 bits per heavy atom. The van der Waals surface area contributed by atoms with Crippen molar-refractivity contribution >= 4 is 27.7 Å². The van der Waals surface area contributed by atoms with Gasteiger partial charge >= 0.3 is 0 Å². The monoisotopic (exact) mass is 337 g/mol. The van der Waals surface area contributed by atoms with Crippen molar-refractivity contribution < 1.29 is 9.59 Å². The van der Waals surface area contributed by atoms with E-state index >= 15 is 0 Å². The van der Waals surface area contributed by atoms with Gasteiger partial charge in [-0.3, -0.25) is 14.9 Å². The van der Waals surface area contributed by atoms with Crippen molar-refractivity contribution in [2.45, 2.75) is 39.5 Å². The molecule has 2 atom stereocenters. The fourth-order valence-electron chi connectivity index (χ4n) is 3.40. The lowest BCUT2D eigenvalue weighted by molar-refractivity contribution is -0.140. The van der Waals surface area contributed by atoms with E-state index in [9.17, 15) is 9.59 Å². The Morgan fingerprint density at radius 2 is 2.10 bits per heavy atom. The number of carbonyl (C=O) groups is 2. The van der Waals surface area contributed by atoms with Crippen LogP contribution in [-0.4, -0.2) is 11.8 Å². The number of hydrogen-bond acceptors (Lipinski definition) is 2. The Labute approximate surface area is 128 Å². The summed E-state index contributed by atoms with van der Waals surface area (Å²) in [5.41, 5.74) is 0.640. The Hall–Kier alpha value is -1.16. The van der Waals surface area contributed by atoms with Crippen molar-refractivity contribution in [1.29, 1.82) is 0 Å². The fraction of sp³-hybridized carbons (Fsp3) is 0.500. The van der Waals surface area contributed by atoms with Crippen molar-refractivity contribution in [2.24, 2.45) is 11.3 Å². The van der Waals surface area contributed by atoms with Crippen molar-refractivity contribution in [2.75, 3.05) is 0 Å². The molecule has 0 spiro atoms. The number of imide groups is 1. The molecule has 1 aromatic carbocycles. The van der Waals surface area contributed by atoms with E-state index in [1.165, 1.54) is 0 Å². The summed E-state index contributed by atoms with van der Waals surface area (Å²) < 4.78 is 0.951. The van der Waals surface area contributed by atoms with Gasteiger partial charge in [-0.1, -0.05) is 48.8 Å². The molecule has 20 heavy (non-hydrogen) atoms. The molecule has 0 aromatic heterocycles. The van der Waals surface area contributed by atoms with Crippen LogP contribution in [0.1, 0.15) is 45.1 Å². The Morgan fingerprint density at radius 1 is 1.40 bits per heavy atom. The van der Waals surface area contributed by atoms with E-state index in [0.717, 1.165) is 16.5 Å². The summed E-state index contributed by atoms with van der Waals surface area (Å²) >= 11 is 3.45. The molecule has 3 nitrogen and oxygen atoms in total. The first-order valence-electron chi connectivity index (χ1n) is 6.91. The molecule has 1 fully saturated rings. The zero-order chi connectivity index (χ0) is 14.9. The molecule has 0 radical (unpaired) electrons. The van der Waals surface area contributed by atoms with Crippen LogP contribution in [0.3, 0.4) is 0 Å². The minimum Gasteiger partial charge on any atom is -0.296 e. The highest BCUT2D eigenvalue weighted by atomic mass is 79.9. The third-order valence-electron chi connectivity index (χ3n) is 3.84. The van der Waals surface area contributed by atoms with E-state index in [-0.39, 0.29) is 23.1 Å². The Balaban J connectivity index is 2.44. The van der Waals surface area contributed by atoms with Crippen molar-refractivity contribution in [3.63, 3.8) is 0 Å². The van der Waals surface area contributed by atoms with Gasteiger partial charge in [-0.05, 0) is 35.4 Å². The van der Waals surface area contributed by atoms with Crippen molar-refractivity contribution in [3.05, 3.63) is 34.3 Å². The van der Waals surface area contributed by atoms with E-state index in [1.54, 1.807) is 0 Å². The molecule has 1 aromatic rings. The number of amides is 2. The van der Waals surface area contributed by atoms with E-state index < -0.39 is 0 Å². The summed E-state index contributed by atoms with van der Waals surface area (Å²) in [6.07, 6.45) is 1.25. The van der Waals surface area contributed by atoms with Crippen LogP contribution in [0.5, 0.6) is 0 Å². The fourth-order valence-corrected chi connectivity index (χ4v) is 3.82. The number of nitrogens with one attached hydrogen (secondary N) is 1. The van der Waals surface area contributed by atoms with Gasteiger partial charge in [0.2, 0.25) is 11.8 Å². The van der Waals surface area contributed by atoms with Crippen LogP contribution in [0.15, 0.2) is 28.7 Å². The SMILES string of the molecule is CC(C)CC1(C)CC(=O)NC(=O)C1c1cccc(Br)c1. The summed E-state index contributed by atoms with van der Waals surface area (Å²) in [6.45, 7) is 6.30. The normalized spacial score (nSPS) is 26.8. The summed E-state index contributed by atoms with van der Waals surface area (Å²) in [5, 5.41) is 2.48. The first kappa shape index (κ1) is 15.2. The largest absolute Gasteiger partial charge is 0.296 e. The molecule has 2 rings (SSSR count). The molecule has 1 heterocycles. The second-order valence-corrected chi connectivity index (χ2v) is 7.24. The predicted molar refractivity (Wildman–Crippen MR) is 82.2 cm³/mol. The highest BCUT2D eigenvalue weighted by Crippen LogP contribution is 2.46. The van der Waals surface area contributed by atoms with Crippen molar-refractivity contribution in [3.8, 4) is 0 Å². The summed E-state index contributed by atoms with van der Waals surface area (Å²) in [5.74, 6) is -0.180. The van der Waals surface area contributed by atoms with Crippen LogP contribution in [0, 0.1) is 11.3 Å². The van der Waals surface area contributed by atoms with Crippen molar-refractivity contribution in [1.82, 2.24) is 5.32 Å². The third-order valence-corrected chi connectivity index (χ3v) is 4.34. The summed E-state index contributed by atoms with van der Waals surface area (Å²) in [7, 11) is 0. The maximum Gasteiger partial charge on any atom is 0.234 e. The summed E-state index contributed by atoms with van der Waals surface area (Å²) in [6, 6.07) is 7.80. The average Bonchev–Trinajstić information content (AvgIpc) is 2.25. The number of halogens is 1. The van der Waals surface area contributed by atoms with Crippen LogP contribution >= 0.6 is 15.9 Å². The molecule has 2 unspecified atom stereocenters. The standard InChI is InChI=1S/C16H20BrNO2/c1-10(2)8-16(3)9-13(19)18-15(20)14(16)11-5-4-6-12(17)7-11/h4-7,10,14H,8-9H2,1-3H3,(H,18,19,20). The zero-order valence-corrected chi connectivity index (χ0v) is 13.7. The van der Waals surface area contributed by atoms with Crippen LogP contribution in [0.4, 0.5) is 0 Å². The maximum absolute atomic E-state index is 12.4. The number of rotatable bonds is 3. The van der Waals surface area contributed by atoms with Gasteiger partial charge < -0.3 is 0 Å². The van der Waals surface area contributed by atoms with Crippen LogP contribution in [0.25, 0.3) is 0 Å². The van der Waals surface area contributed by atoms with E-state index in [4.69, 9.17) is 0 Å². The van der Waals surface area contributed by atoms with Crippen LogP contribution < -0.4 is 5.32 Å². The van der Waals surface area contributed by atoms with Gasteiger partial charge in [-0.2, -0.15) is 0 Å². The maximum atomic E-state index is 12.4. The molecule has 1 N–H and O–H groups in total. The van der Waals surface area contributed by atoms with Gasteiger partial charge in [0.25, 0.3) is 0 Å². The van der Waals surface area contributed by atoms with E-state index in [0.29, 0.717) is 12.3 Å². The first-order valence-corrected chi connectivity index (χ1v) is 7.70. The lowest BCUT2D eigenvalue weighted by atomic mass is 9.65. The third kappa shape index (κ3) is 3.11. The Kier molecular flexibility index (Phi) is 4.33. The van der Waals surface area contributed by atoms with Crippen LogP contribution in [-0.2, 0) is 9.59 Å². The second-order valence-electron chi connectivity index (χ2n) is 6.33. The van der Waals surface area contributed by atoms with Gasteiger partial charge in [0.1, 0.15) is 0 Å². The molecule has 0 bridgehead atoms. The molecule has 1 aliphatic heterocycles. The topological polar surface area (TPSA) is 46.2 Å². The lowest BCUT2D eigenvalue weighted by Gasteiger charge is -2.41. The lowest BCUT2D eigenvalue weighted by Crippen LogP contribution is -2.50. The highest BCUT2D eigenvalue weighted by Gasteiger charge is 2.46. The molecule has 2 amide bonds. The average molecular weight is 338 g/mol. The quantitative estimate of drug-likeness (QED) is 0.856. The van der Waals surface area contributed by atoms with Gasteiger partial charge in [0.15, 0.2) is 0 Å². The highest BCUT2D eigenvalue weighted by molar-refractivity contribution is 9.10. The minimum atomic E-state index is -0.325. The van der Waals surface area contributed by atoms with Gasteiger partial charge in [-0.25, -0.2) is 0 Å². The number of benzene rings is 1. The van der Waals surface area contributed by atoms with Gasteiger partial charge in [0.05, 0.1) is 5.92 Å². The van der Waals surface area contributed by atoms with E-state index in [2.05, 4.69) is 42.0 Å². The molecule has 1 saturated heterocycles. The number of piperidine rings is 1. The van der Waals surface area contributed by atoms with Gasteiger partial charge in [-0.15, -0.1) is 0 Å². The minimum absolute atomic E-state index is 0.163. The Bertz CT molecular complexity index is 541. The predicted octanol–water partition coefficient (Wildman–Crippen LogP) is 3.63. The molecular weight excluding hydrogens is 318 g/mol. The number of carbonyl (C=O) groups excluding carboxylic acids is 2. The first-order chi connectivity index (χ1) is 9.32. The molecule has 0 saturated carbocycles. The van der Waals surface area contributed by atoms with Gasteiger partial charge in [0, 0.05) is 10.9 Å². The summed E-state index contributed by atoms with van der Waals surface area (Å²) in [4.78, 5) is 24.1. The number of hydrogen-bond donors (Lipinski definition) is 1. The molecule has 4 heteroatoms. The molecule has 0 aliphatic carbocycles. The smallest absolute Gasteiger partial charge is 0.234 e. The zero-order valence-electron chi connectivity index (χ0n) is 12.1. The molecule has 1 aliphatic rings. The van der Waals surface area contributed by atoms with Crippen LogP contribution in [0.2, 0.25) is 0 Å². The second kappa shape index (κ2) is 5.68. The van der Waals surface area contributed by atoms with E-state index in [1.807, 2.05) is 24.3 Å². The molecule has 108 valence electrons. The molecular formula is C16H20BrNO2.